The minimum Gasteiger partial charge on any atom is -0.385 e. The monoisotopic (exact) mass is 818 g/mol. The molecule has 0 fully saturated rings. The molecule has 0 aromatic heterocycles. The van der Waals surface area contributed by atoms with Crippen LogP contribution in [0.15, 0.2) is 180 Å². The standard InChI is InChI=1S/C57H60N3O2/c1-56(2)51(58(37-17-39-61-5)49-33-29-41-19-13-15-25-47(41)53(49)56)35-31-43-27-28-44(55(43)60(45-21-9-7-10-22-45)46-23-11-8-12-24-46)32-36-52-57(3,4)54-48-26-16-14-20-42(48)30-34-50(54)59(52)38-18-40-62-6/h7-16,19-26,29-36H,17-18,27-28,37-40H2,1-6H3/q+1. The Bertz CT molecular complexity index is 2730. The molecule has 2 heterocycles. The first-order chi connectivity index (χ1) is 30.2. The van der Waals surface area contributed by atoms with Crippen LogP contribution in [0.1, 0.15) is 64.5 Å². The number of rotatable bonds is 14. The van der Waals surface area contributed by atoms with Crippen LogP contribution in [0.5, 0.6) is 0 Å². The van der Waals surface area contributed by atoms with E-state index in [9.17, 15) is 0 Å². The molecule has 314 valence electrons. The third kappa shape index (κ3) is 7.41. The van der Waals surface area contributed by atoms with E-state index < -0.39 is 0 Å². The maximum Gasteiger partial charge on any atom is 0.210 e. The zero-order valence-electron chi connectivity index (χ0n) is 37.3. The summed E-state index contributed by atoms with van der Waals surface area (Å²) in [5.41, 5.74) is 13.9. The number of para-hydroxylation sites is 2. The van der Waals surface area contributed by atoms with E-state index in [1.165, 1.54) is 72.3 Å². The minimum atomic E-state index is -0.208. The van der Waals surface area contributed by atoms with Crippen molar-refractivity contribution in [1.82, 2.24) is 0 Å². The highest BCUT2D eigenvalue weighted by molar-refractivity contribution is 6.08. The lowest BCUT2D eigenvalue weighted by atomic mass is 9.79. The molecule has 9 rings (SSSR count). The van der Waals surface area contributed by atoms with Crippen LogP contribution < -0.4 is 9.80 Å². The van der Waals surface area contributed by atoms with Gasteiger partial charge in [0.05, 0.1) is 17.7 Å². The van der Waals surface area contributed by atoms with Crippen LogP contribution in [-0.2, 0) is 20.3 Å². The molecule has 1 aliphatic carbocycles. The van der Waals surface area contributed by atoms with Gasteiger partial charge in [-0.05, 0) is 114 Å². The van der Waals surface area contributed by atoms with Crippen molar-refractivity contribution in [2.24, 2.45) is 0 Å². The Hall–Kier alpha value is -6.01. The summed E-state index contributed by atoms with van der Waals surface area (Å²) in [6.45, 7) is 12.8. The Balaban J connectivity index is 1.21. The average Bonchev–Trinajstić information content (AvgIpc) is 3.86. The quantitative estimate of drug-likeness (QED) is 0.0808. The zero-order chi connectivity index (χ0) is 42.8. The molecular formula is C57H60N3O2+. The van der Waals surface area contributed by atoms with E-state index in [0.29, 0.717) is 0 Å². The summed E-state index contributed by atoms with van der Waals surface area (Å²) in [7, 11) is 3.60. The topological polar surface area (TPSA) is 28.0 Å². The molecule has 0 amide bonds. The molecular weight excluding hydrogens is 759 g/mol. The maximum absolute atomic E-state index is 5.58. The fourth-order valence-electron chi connectivity index (χ4n) is 10.5. The largest absolute Gasteiger partial charge is 0.385 e. The highest BCUT2D eigenvalue weighted by atomic mass is 16.5. The number of nitrogens with zero attached hydrogens (tertiary/aromatic N) is 3. The number of fused-ring (bicyclic) bond motifs is 6. The third-order valence-corrected chi connectivity index (χ3v) is 13.4. The van der Waals surface area contributed by atoms with E-state index >= 15 is 0 Å². The molecule has 6 aromatic rings. The molecule has 0 radical (unpaired) electrons. The summed E-state index contributed by atoms with van der Waals surface area (Å²) >= 11 is 0. The number of methoxy groups -OCH3 is 2. The van der Waals surface area contributed by atoms with Gasteiger partial charge in [-0.2, -0.15) is 4.58 Å². The first-order valence-corrected chi connectivity index (χ1v) is 22.4. The molecule has 2 aliphatic heterocycles. The maximum atomic E-state index is 5.58. The molecule has 62 heavy (non-hydrogen) atoms. The van der Waals surface area contributed by atoms with Gasteiger partial charge in [-0.25, -0.2) is 0 Å². The summed E-state index contributed by atoms with van der Waals surface area (Å²) in [5, 5.41) is 5.22. The number of hydrogen-bond acceptors (Lipinski definition) is 4. The highest BCUT2D eigenvalue weighted by Gasteiger charge is 2.46. The van der Waals surface area contributed by atoms with E-state index in [2.05, 4.69) is 200 Å². The van der Waals surface area contributed by atoms with Gasteiger partial charge in [-0.1, -0.05) is 117 Å². The van der Waals surface area contributed by atoms with Crippen molar-refractivity contribution < 1.29 is 14.0 Å². The number of benzene rings is 6. The van der Waals surface area contributed by atoms with E-state index in [-0.39, 0.29) is 10.8 Å². The summed E-state index contributed by atoms with van der Waals surface area (Å²) in [5.74, 6) is 0. The molecule has 0 bridgehead atoms. The fraction of sp³-hybridized carbons (Fsp3) is 0.281. The average molecular weight is 819 g/mol. The van der Waals surface area contributed by atoms with Gasteiger partial charge in [0, 0.05) is 79.7 Å². The molecule has 0 N–H and O–H groups in total. The van der Waals surface area contributed by atoms with Gasteiger partial charge in [-0.3, -0.25) is 0 Å². The van der Waals surface area contributed by atoms with Crippen LogP contribution in [-0.4, -0.2) is 50.8 Å². The predicted molar refractivity (Wildman–Crippen MR) is 261 cm³/mol. The molecule has 6 aromatic carbocycles. The Morgan fingerprint density at radius 2 is 1.21 bits per heavy atom. The molecule has 5 heteroatoms. The number of allylic oxidation sites excluding steroid dienone is 7. The summed E-state index contributed by atoms with van der Waals surface area (Å²) in [6, 6.07) is 48.7. The van der Waals surface area contributed by atoms with E-state index in [1.54, 1.807) is 14.2 Å². The third-order valence-electron chi connectivity index (χ3n) is 13.4. The molecule has 0 saturated carbocycles. The first kappa shape index (κ1) is 41.3. The molecule has 0 atom stereocenters. The van der Waals surface area contributed by atoms with Crippen LogP contribution in [0.4, 0.5) is 22.7 Å². The number of hydrogen-bond donors (Lipinski definition) is 0. The van der Waals surface area contributed by atoms with Crippen molar-refractivity contribution in [2.45, 2.75) is 64.2 Å². The van der Waals surface area contributed by atoms with Crippen molar-refractivity contribution in [3.05, 3.63) is 191 Å². The van der Waals surface area contributed by atoms with Gasteiger partial charge in [0.1, 0.15) is 0 Å². The van der Waals surface area contributed by atoms with Gasteiger partial charge in [-0.15, -0.1) is 0 Å². The lowest BCUT2D eigenvalue weighted by Crippen LogP contribution is -2.28. The van der Waals surface area contributed by atoms with Crippen LogP contribution >= 0.6 is 0 Å². The Morgan fingerprint density at radius 1 is 0.613 bits per heavy atom. The van der Waals surface area contributed by atoms with E-state index in [4.69, 9.17) is 9.47 Å². The Morgan fingerprint density at radius 3 is 1.87 bits per heavy atom. The second-order valence-electron chi connectivity index (χ2n) is 18.0. The molecule has 5 nitrogen and oxygen atoms in total. The number of anilines is 3. The lowest BCUT2D eigenvalue weighted by molar-refractivity contribution is -0.438. The minimum absolute atomic E-state index is 0.208. The first-order valence-electron chi connectivity index (χ1n) is 22.4. The van der Waals surface area contributed by atoms with Crippen LogP contribution in [0.3, 0.4) is 0 Å². The Labute approximate surface area is 368 Å². The van der Waals surface area contributed by atoms with Crippen molar-refractivity contribution >= 4 is 50.0 Å². The molecule has 0 saturated heterocycles. The molecule has 0 spiro atoms. The Kier molecular flexibility index (Phi) is 11.6. The van der Waals surface area contributed by atoms with Crippen LogP contribution in [0.25, 0.3) is 21.5 Å². The summed E-state index contributed by atoms with van der Waals surface area (Å²) in [4.78, 5) is 5.04. The van der Waals surface area contributed by atoms with Crippen LogP contribution in [0, 0.1) is 0 Å². The zero-order valence-corrected chi connectivity index (χ0v) is 37.3. The smallest absolute Gasteiger partial charge is 0.210 e. The second-order valence-corrected chi connectivity index (χ2v) is 18.0. The van der Waals surface area contributed by atoms with Crippen molar-refractivity contribution in [1.29, 1.82) is 0 Å². The van der Waals surface area contributed by atoms with Gasteiger partial charge < -0.3 is 19.3 Å². The van der Waals surface area contributed by atoms with Crippen LogP contribution in [0.2, 0.25) is 0 Å². The van der Waals surface area contributed by atoms with Crippen molar-refractivity contribution in [3.8, 4) is 0 Å². The normalized spacial score (nSPS) is 18.0. The highest BCUT2D eigenvalue weighted by Crippen LogP contribution is 2.51. The van der Waals surface area contributed by atoms with Crippen molar-refractivity contribution in [3.63, 3.8) is 0 Å². The predicted octanol–water partition coefficient (Wildman–Crippen LogP) is 13.5. The number of ether oxygens (including phenoxy) is 2. The fourth-order valence-corrected chi connectivity index (χ4v) is 10.5. The molecule has 0 unspecified atom stereocenters. The van der Waals surface area contributed by atoms with Gasteiger partial charge in [0.15, 0.2) is 12.3 Å². The second kappa shape index (κ2) is 17.4. The SMILES string of the molecule is COCCCN1/C(=C/C=C2\CCC(/C=C/C3=[N+](CCCOC)c4ccc5ccccc5c4C3(C)C)=C2N(c2ccccc2)c2ccccc2)C(C)(C)c2c1ccc1ccccc21. The van der Waals surface area contributed by atoms with Gasteiger partial charge in [0.25, 0.3) is 0 Å². The molecule has 3 aliphatic rings. The summed E-state index contributed by atoms with van der Waals surface area (Å²) < 4.78 is 13.7. The van der Waals surface area contributed by atoms with Gasteiger partial charge in [0.2, 0.25) is 5.69 Å². The van der Waals surface area contributed by atoms with Gasteiger partial charge >= 0.3 is 0 Å². The van der Waals surface area contributed by atoms with Crippen molar-refractivity contribution in [2.75, 3.05) is 50.3 Å². The lowest BCUT2D eigenvalue weighted by Gasteiger charge is -2.29. The summed E-state index contributed by atoms with van der Waals surface area (Å²) in [6.07, 6.45) is 13.5. The van der Waals surface area contributed by atoms with E-state index in [0.717, 1.165) is 63.4 Å². The van der Waals surface area contributed by atoms with E-state index in [1.807, 2.05) is 0 Å².